The van der Waals surface area contributed by atoms with Crippen LogP contribution in [-0.2, 0) is 33.4 Å². The third kappa shape index (κ3) is 7.85. The second-order valence-corrected chi connectivity index (χ2v) is 12.4. The van der Waals surface area contributed by atoms with Crippen LogP contribution in [0.1, 0.15) is 39.0 Å². The van der Waals surface area contributed by atoms with E-state index in [9.17, 15) is 18.0 Å². The fourth-order valence-electron chi connectivity index (χ4n) is 4.73. The number of carbonyl (C=O) groups excluding carboxylic acids is 2. The van der Waals surface area contributed by atoms with Crippen molar-refractivity contribution in [2.75, 3.05) is 21.2 Å². The van der Waals surface area contributed by atoms with Crippen molar-refractivity contribution in [3.63, 3.8) is 0 Å². The van der Waals surface area contributed by atoms with Gasteiger partial charge in [0.25, 0.3) is 5.91 Å². The molecule has 0 aliphatic carbocycles. The number of rotatable bonds is 11. The minimum atomic E-state index is -3.80. The molecular weight excluding hydrogens is 548 g/mol. The molecule has 1 N–H and O–H groups in total. The minimum Gasteiger partial charge on any atom is -0.495 e. The van der Waals surface area contributed by atoms with Gasteiger partial charge in [-0.3, -0.25) is 9.59 Å². The van der Waals surface area contributed by atoms with Gasteiger partial charge in [-0.1, -0.05) is 72.3 Å². The van der Waals surface area contributed by atoms with Crippen molar-refractivity contribution in [2.24, 2.45) is 0 Å². The van der Waals surface area contributed by atoms with Gasteiger partial charge in [0.05, 0.1) is 12.9 Å². The van der Waals surface area contributed by atoms with Gasteiger partial charge in [-0.05, 0) is 65.4 Å². The van der Waals surface area contributed by atoms with Gasteiger partial charge in [0.15, 0.2) is 9.84 Å². The number of amides is 2. The van der Waals surface area contributed by atoms with Crippen LogP contribution in [0.4, 0.5) is 0 Å². The number of nitrogens with zero attached hydrogens (tertiary/aromatic N) is 1. The van der Waals surface area contributed by atoms with Crippen LogP contribution in [0.2, 0.25) is 0 Å². The lowest BCUT2D eigenvalue weighted by molar-refractivity contribution is -0.121. The van der Waals surface area contributed by atoms with Gasteiger partial charge in [-0.25, -0.2) is 8.42 Å². The van der Waals surface area contributed by atoms with Crippen LogP contribution in [0, 0.1) is 6.92 Å². The van der Waals surface area contributed by atoms with Crippen molar-refractivity contribution in [2.45, 2.75) is 37.0 Å². The molecule has 0 saturated carbocycles. The van der Waals surface area contributed by atoms with E-state index in [-0.39, 0.29) is 28.2 Å². The molecule has 0 fully saturated rings. The van der Waals surface area contributed by atoms with E-state index in [2.05, 4.69) is 5.32 Å². The predicted molar refractivity (Wildman–Crippen MR) is 165 cm³/mol. The molecule has 4 aromatic carbocycles. The van der Waals surface area contributed by atoms with Crippen LogP contribution < -0.4 is 10.1 Å². The molecule has 4 rings (SSSR count). The van der Waals surface area contributed by atoms with E-state index in [1.807, 2.05) is 55.5 Å². The summed E-state index contributed by atoms with van der Waals surface area (Å²) in [6.45, 7) is 2.48. The summed E-state index contributed by atoms with van der Waals surface area (Å²) in [7, 11) is 1.01. The van der Waals surface area contributed by atoms with Crippen molar-refractivity contribution in [1.29, 1.82) is 0 Å². The van der Waals surface area contributed by atoms with Crippen LogP contribution in [0.25, 0.3) is 11.1 Å². The Balaban J connectivity index is 1.48. The molecule has 4 aromatic rings. The molecule has 0 spiro atoms. The Morgan fingerprint density at radius 2 is 1.50 bits per heavy atom. The molecule has 0 aromatic heterocycles. The molecule has 0 aliphatic heterocycles. The molecule has 42 heavy (non-hydrogen) atoms. The van der Waals surface area contributed by atoms with Crippen LogP contribution >= 0.6 is 0 Å². The van der Waals surface area contributed by atoms with Gasteiger partial charge in [0.2, 0.25) is 5.91 Å². The number of ether oxygens (including phenoxy) is 1. The topological polar surface area (TPSA) is 92.8 Å². The van der Waals surface area contributed by atoms with Crippen molar-refractivity contribution in [3.05, 3.63) is 119 Å². The number of sulfone groups is 1. The third-order valence-corrected chi connectivity index (χ3v) is 8.61. The van der Waals surface area contributed by atoms with Gasteiger partial charge in [-0.15, -0.1) is 0 Å². The van der Waals surface area contributed by atoms with E-state index in [0.717, 1.165) is 22.3 Å². The van der Waals surface area contributed by atoms with Crippen LogP contribution in [0.15, 0.2) is 95.9 Å². The summed E-state index contributed by atoms with van der Waals surface area (Å²) in [5.74, 6) is -0.172. The molecule has 0 radical (unpaired) electrons. The smallest absolute Gasteiger partial charge is 0.253 e. The Morgan fingerprint density at radius 3 is 2.24 bits per heavy atom. The van der Waals surface area contributed by atoms with Gasteiger partial charge in [0, 0.05) is 32.6 Å². The first-order valence-electron chi connectivity index (χ1n) is 13.7. The SMILES string of the molecule is COc1ccc(-c2cccc(C(=O)N(C)C)c2)cc1S(=O)(=O)Cc1cccc(CCC(=O)NCc2cccc(C)c2)c1. The Hall–Kier alpha value is -4.43. The monoisotopic (exact) mass is 584 g/mol. The lowest BCUT2D eigenvalue weighted by Gasteiger charge is -2.14. The Labute approximate surface area is 248 Å². The maximum absolute atomic E-state index is 13.6. The van der Waals surface area contributed by atoms with Crippen molar-refractivity contribution >= 4 is 21.7 Å². The molecule has 0 bridgehead atoms. The third-order valence-electron chi connectivity index (χ3n) is 6.91. The molecule has 0 aliphatic rings. The second-order valence-electron chi connectivity index (χ2n) is 10.5. The van der Waals surface area contributed by atoms with E-state index in [4.69, 9.17) is 4.74 Å². The zero-order valence-electron chi connectivity index (χ0n) is 24.4. The fraction of sp³-hybridized carbons (Fsp3) is 0.235. The first-order valence-corrected chi connectivity index (χ1v) is 15.3. The number of aryl methyl sites for hydroxylation is 2. The lowest BCUT2D eigenvalue weighted by atomic mass is 10.0. The van der Waals surface area contributed by atoms with E-state index in [0.29, 0.717) is 36.1 Å². The van der Waals surface area contributed by atoms with Crippen LogP contribution in [0.3, 0.4) is 0 Å². The molecule has 0 unspecified atom stereocenters. The van der Waals surface area contributed by atoms with Gasteiger partial charge >= 0.3 is 0 Å². The van der Waals surface area contributed by atoms with E-state index in [1.54, 1.807) is 56.6 Å². The first kappa shape index (κ1) is 30.5. The van der Waals surface area contributed by atoms with E-state index < -0.39 is 9.84 Å². The van der Waals surface area contributed by atoms with Crippen molar-refractivity contribution < 1.29 is 22.7 Å². The first-order chi connectivity index (χ1) is 20.1. The highest BCUT2D eigenvalue weighted by atomic mass is 32.2. The number of nitrogens with one attached hydrogen (secondary N) is 1. The number of hydrogen-bond donors (Lipinski definition) is 1. The maximum atomic E-state index is 13.6. The quantitative estimate of drug-likeness (QED) is 0.248. The summed E-state index contributed by atoms with van der Waals surface area (Å²) in [5.41, 5.74) is 5.60. The summed E-state index contributed by atoms with van der Waals surface area (Å²) in [4.78, 5) is 26.5. The lowest BCUT2D eigenvalue weighted by Crippen LogP contribution is -2.23. The molecule has 7 nitrogen and oxygen atoms in total. The van der Waals surface area contributed by atoms with Crippen LogP contribution in [0.5, 0.6) is 5.75 Å². The van der Waals surface area contributed by atoms with Crippen molar-refractivity contribution in [1.82, 2.24) is 10.2 Å². The standard InChI is InChI=1S/C34H36N2O5S/c1-24-8-5-10-26(18-24)22-35-33(37)17-14-25-9-6-11-27(19-25)23-42(39,40)32-21-29(15-16-31(32)41-4)28-12-7-13-30(20-28)34(38)36(2)3/h5-13,15-16,18-21H,14,17,22-23H2,1-4H3,(H,35,37). The number of methoxy groups -OCH3 is 1. The molecule has 218 valence electrons. The Morgan fingerprint density at radius 1 is 0.810 bits per heavy atom. The predicted octanol–water partition coefficient (Wildman–Crippen LogP) is 5.60. The minimum absolute atomic E-state index is 0.0626. The number of benzene rings is 4. The van der Waals surface area contributed by atoms with E-state index in [1.165, 1.54) is 12.0 Å². The average Bonchev–Trinajstić information content (AvgIpc) is 2.98. The molecule has 0 saturated heterocycles. The largest absolute Gasteiger partial charge is 0.495 e. The van der Waals surface area contributed by atoms with Crippen LogP contribution in [-0.4, -0.2) is 46.3 Å². The highest BCUT2D eigenvalue weighted by molar-refractivity contribution is 7.90. The number of carbonyl (C=O) groups is 2. The normalized spacial score (nSPS) is 11.1. The molecule has 0 atom stereocenters. The van der Waals surface area contributed by atoms with Crippen molar-refractivity contribution in [3.8, 4) is 16.9 Å². The maximum Gasteiger partial charge on any atom is 0.253 e. The highest BCUT2D eigenvalue weighted by Gasteiger charge is 2.22. The second kappa shape index (κ2) is 13.5. The zero-order valence-corrected chi connectivity index (χ0v) is 25.2. The summed E-state index contributed by atoms with van der Waals surface area (Å²) in [6.07, 6.45) is 0.793. The molecule has 2 amide bonds. The molecular formula is C34H36N2O5S. The Kier molecular flexibility index (Phi) is 9.80. The Bertz CT molecular complexity index is 1700. The zero-order chi connectivity index (χ0) is 30.3. The number of hydrogen-bond acceptors (Lipinski definition) is 5. The van der Waals surface area contributed by atoms with Gasteiger partial charge < -0.3 is 15.0 Å². The summed E-state index contributed by atoms with van der Waals surface area (Å²) in [5, 5.41) is 2.95. The molecule has 8 heteroatoms. The highest BCUT2D eigenvalue weighted by Crippen LogP contribution is 2.32. The summed E-state index contributed by atoms with van der Waals surface area (Å²) >= 11 is 0. The molecule has 0 heterocycles. The average molecular weight is 585 g/mol. The summed E-state index contributed by atoms with van der Waals surface area (Å²) < 4.78 is 32.7. The summed E-state index contributed by atoms with van der Waals surface area (Å²) in [6, 6.07) is 27.4. The fourth-order valence-corrected chi connectivity index (χ4v) is 6.27. The van der Waals surface area contributed by atoms with Gasteiger partial charge in [0.1, 0.15) is 10.6 Å². The van der Waals surface area contributed by atoms with Gasteiger partial charge in [-0.2, -0.15) is 0 Å². The van der Waals surface area contributed by atoms with E-state index >= 15 is 0 Å².